The number of benzene rings is 1. The quantitative estimate of drug-likeness (QED) is 0.715. The Bertz CT molecular complexity index is 333. The summed E-state index contributed by atoms with van der Waals surface area (Å²) in [4.78, 5) is 0. The molecule has 1 aromatic rings. The lowest BCUT2D eigenvalue weighted by atomic mass is 10.1. The van der Waals surface area contributed by atoms with Crippen LogP contribution in [0.25, 0.3) is 6.08 Å². The molecule has 0 atom stereocenters. The summed E-state index contributed by atoms with van der Waals surface area (Å²) in [5, 5.41) is 3.36. The highest BCUT2D eigenvalue weighted by Crippen LogP contribution is 2.39. The molecule has 1 saturated carbocycles. The molecule has 86 valence electrons. The summed E-state index contributed by atoms with van der Waals surface area (Å²) < 4.78 is 0. The second-order valence-electron chi connectivity index (χ2n) is 4.55. The molecule has 1 nitrogen and oxygen atoms in total. The van der Waals surface area contributed by atoms with E-state index in [-0.39, 0.29) is 0 Å². The Morgan fingerprint density at radius 3 is 2.62 bits per heavy atom. The van der Waals surface area contributed by atoms with E-state index in [0.29, 0.717) is 0 Å². The molecule has 1 N–H and O–H groups in total. The molecule has 2 rings (SSSR count). The first-order chi connectivity index (χ1) is 7.90. The molecule has 1 heteroatoms. The van der Waals surface area contributed by atoms with Crippen molar-refractivity contribution < 1.29 is 0 Å². The van der Waals surface area contributed by atoms with Crippen molar-refractivity contribution >= 4 is 6.08 Å². The average molecular weight is 215 g/mol. The molecule has 1 fully saturated rings. The van der Waals surface area contributed by atoms with E-state index in [2.05, 4.69) is 48.7 Å². The predicted octanol–water partition coefficient (Wildman–Crippen LogP) is 3.58. The lowest BCUT2D eigenvalue weighted by Crippen LogP contribution is -2.13. The first-order valence-electron chi connectivity index (χ1n) is 6.37. The van der Waals surface area contributed by atoms with Crippen molar-refractivity contribution in [3.63, 3.8) is 0 Å². The molecule has 0 bridgehead atoms. The summed E-state index contributed by atoms with van der Waals surface area (Å²) in [7, 11) is 0. The van der Waals surface area contributed by atoms with E-state index < -0.39 is 0 Å². The fourth-order valence-corrected chi connectivity index (χ4v) is 1.85. The summed E-state index contributed by atoms with van der Waals surface area (Å²) in [6.07, 6.45) is 8.36. The lowest BCUT2D eigenvalue weighted by molar-refractivity contribution is 0.730. The molecule has 0 unspecified atom stereocenters. The highest BCUT2D eigenvalue weighted by Gasteiger charge is 2.22. The van der Waals surface area contributed by atoms with Crippen molar-refractivity contribution in [1.29, 1.82) is 0 Å². The summed E-state index contributed by atoms with van der Waals surface area (Å²) >= 11 is 0. The zero-order valence-electron chi connectivity index (χ0n) is 10.1. The minimum atomic E-state index is 0.865. The van der Waals surface area contributed by atoms with Gasteiger partial charge in [-0.3, -0.25) is 0 Å². The van der Waals surface area contributed by atoms with Crippen molar-refractivity contribution in [1.82, 2.24) is 5.32 Å². The van der Waals surface area contributed by atoms with E-state index >= 15 is 0 Å². The van der Waals surface area contributed by atoms with Crippen LogP contribution in [-0.2, 0) is 0 Å². The van der Waals surface area contributed by atoms with Crippen LogP contribution in [0.5, 0.6) is 0 Å². The predicted molar refractivity (Wildman–Crippen MR) is 70.6 cm³/mol. The molecule has 0 amide bonds. The molecule has 16 heavy (non-hydrogen) atoms. The molecule has 1 aromatic carbocycles. The molecule has 0 heterocycles. The second-order valence-corrected chi connectivity index (χ2v) is 4.55. The van der Waals surface area contributed by atoms with E-state index in [1.54, 1.807) is 0 Å². The zero-order valence-corrected chi connectivity index (χ0v) is 10.1. The molecule has 0 aromatic heterocycles. The molecular weight excluding hydrogens is 194 g/mol. The van der Waals surface area contributed by atoms with Crippen LogP contribution < -0.4 is 5.32 Å². The topological polar surface area (TPSA) is 12.0 Å². The van der Waals surface area contributed by atoms with Gasteiger partial charge in [0.05, 0.1) is 0 Å². The third-order valence-electron chi connectivity index (χ3n) is 2.98. The Kier molecular flexibility index (Phi) is 4.17. The smallest absolute Gasteiger partial charge is 0.0138 e. The van der Waals surface area contributed by atoms with Crippen LogP contribution in [0.3, 0.4) is 0 Å². The van der Waals surface area contributed by atoms with E-state index in [1.165, 1.54) is 30.4 Å². The highest BCUT2D eigenvalue weighted by molar-refractivity contribution is 5.50. The van der Waals surface area contributed by atoms with Crippen LogP contribution in [0.1, 0.15) is 43.2 Å². The van der Waals surface area contributed by atoms with Gasteiger partial charge in [0.1, 0.15) is 0 Å². The minimum Gasteiger partial charge on any atom is -0.313 e. The summed E-state index contributed by atoms with van der Waals surface area (Å²) in [6, 6.07) is 9.00. The first kappa shape index (κ1) is 11.4. The Labute approximate surface area is 98.6 Å². The van der Waals surface area contributed by atoms with Gasteiger partial charge < -0.3 is 5.32 Å². The maximum atomic E-state index is 3.36. The SMILES string of the molecule is CCCNCC=Cc1ccc(C2CC2)cc1. The number of hydrogen-bond donors (Lipinski definition) is 1. The summed E-state index contributed by atoms with van der Waals surface area (Å²) in [5.41, 5.74) is 2.82. The van der Waals surface area contributed by atoms with Gasteiger partial charge in [0.25, 0.3) is 0 Å². The first-order valence-corrected chi connectivity index (χ1v) is 6.37. The Morgan fingerprint density at radius 1 is 1.25 bits per heavy atom. The van der Waals surface area contributed by atoms with Crippen molar-refractivity contribution in [3.05, 3.63) is 41.5 Å². The van der Waals surface area contributed by atoms with Gasteiger partial charge in [-0.2, -0.15) is 0 Å². The van der Waals surface area contributed by atoms with Gasteiger partial charge in [0, 0.05) is 6.54 Å². The van der Waals surface area contributed by atoms with E-state index in [1.807, 2.05) is 0 Å². The molecular formula is C15H21N. The van der Waals surface area contributed by atoms with E-state index in [9.17, 15) is 0 Å². The fraction of sp³-hybridized carbons (Fsp3) is 0.467. The summed E-state index contributed by atoms with van der Waals surface area (Å²) in [5.74, 6) is 0.865. The van der Waals surface area contributed by atoms with E-state index in [4.69, 9.17) is 0 Å². The van der Waals surface area contributed by atoms with Gasteiger partial charge in [-0.25, -0.2) is 0 Å². The third-order valence-corrected chi connectivity index (χ3v) is 2.98. The van der Waals surface area contributed by atoms with Gasteiger partial charge in [0.2, 0.25) is 0 Å². The fourth-order valence-electron chi connectivity index (χ4n) is 1.85. The molecule has 1 aliphatic carbocycles. The molecule has 0 aliphatic heterocycles. The Balaban J connectivity index is 1.79. The molecule has 0 radical (unpaired) electrons. The van der Waals surface area contributed by atoms with Crippen molar-refractivity contribution in [3.8, 4) is 0 Å². The molecule has 0 spiro atoms. The minimum absolute atomic E-state index is 0.865. The molecule has 1 aliphatic rings. The van der Waals surface area contributed by atoms with Crippen LogP contribution in [0.2, 0.25) is 0 Å². The van der Waals surface area contributed by atoms with E-state index in [0.717, 1.165) is 19.0 Å². The summed E-state index contributed by atoms with van der Waals surface area (Å²) in [6.45, 7) is 4.26. The van der Waals surface area contributed by atoms with Crippen LogP contribution in [0, 0.1) is 0 Å². The lowest BCUT2D eigenvalue weighted by Gasteiger charge is -1.99. The van der Waals surface area contributed by atoms with Crippen LogP contribution >= 0.6 is 0 Å². The largest absolute Gasteiger partial charge is 0.313 e. The van der Waals surface area contributed by atoms with Crippen molar-refractivity contribution in [2.24, 2.45) is 0 Å². The van der Waals surface area contributed by atoms with Gasteiger partial charge in [-0.15, -0.1) is 0 Å². The normalized spacial score (nSPS) is 15.8. The zero-order chi connectivity index (χ0) is 11.2. The van der Waals surface area contributed by atoms with Gasteiger partial charge >= 0.3 is 0 Å². The number of hydrogen-bond acceptors (Lipinski definition) is 1. The standard InChI is InChI=1S/C15H21N/c1-2-11-16-12-3-4-13-5-7-14(8-6-13)15-9-10-15/h3-8,15-16H,2,9-12H2,1H3. The van der Waals surface area contributed by atoms with Crippen LogP contribution in [0.4, 0.5) is 0 Å². The van der Waals surface area contributed by atoms with Crippen molar-refractivity contribution in [2.75, 3.05) is 13.1 Å². The number of rotatable bonds is 6. The maximum Gasteiger partial charge on any atom is 0.0138 e. The van der Waals surface area contributed by atoms with Crippen LogP contribution in [-0.4, -0.2) is 13.1 Å². The van der Waals surface area contributed by atoms with Gasteiger partial charge in [-0.05, 0) is 42.9 Å². The monoisotopic (exact) mass is 215 g/mol. The second kappa shape index (κ2) is 5.86. The Morgan fingerprint density at radius 2 is 2.00 bits per heavy atom. The van der Waals surface area contributed by atoms with Gasteiger partial charge in [0.15, 0.2) is 0 Å². The van der Waals surface area contributed by atoms with Crippen LogP contribution in [0.15, 0.2) is 30.3 Å². The third kappa shape index (κ3) is 3.49. The molecule has 0 saturated heterocycles. The Hall–Kier alpha value is -1.08. The highest BCUT2D eigenvalue weighted by atomic mass is 14.8. The average Bonchev–Trinajstić information content (AvgIpc) is 3.14. The van der Waals surface area contributed by atoms with Gasteiger partial charge in [-0.1, -0.05) is 43.3 Å². The maximum absolute atomic E-state index is 3.36. The van der Waals surface area contributed by atoms with Crippen molar-refractivity contribution in [2.45, 2.75) is 32.1 Å². The number of nitrogens with one attached hydrogen (secondary N) is 1.